The number of aromatic nitrogens is 2. The first kappa shape index (κ1) is 15.9. The standard InChI is InChI=1S/C18H18N2O4/c1-3-8-24-15-7-5-11(10-16(15)23-2)17-19-13-6-4-12(18(21)22)9-14(13)20-17/h4-7,9-10H,3,8H2,1-2H3,(H,19,20)(H,21,22). The largest absolute Gasteiger partial charge is 0.493 e. The van der Waals surface area contributed by atoms with Crippen molar-refractivity contribution in [2.75, 3.05) is 13.7 Å². The molecule has 0 unspecified atom stereocenters. The summed E-state index contributed by atoms with van der Waals surface area (Å²) in [7, 11) is 1.59. The average Bonchev–Trinajstić information content (AvgIpc) is 3.02. The van der Waals surface area contributed by atoms with Crippen LogP contribution in [0.3, 0.4) is 0 Å². The highest BCUT2D eigenvalue weighted by Crippen LogP contribution is 2.32. The molecule has 0 saturated carbocycles. The van der Waals surface area contributed by atoms with E-state index in [2.05, 4.69) is 9.97 Å². The third-order valence-electron chi connectivity index (χ3n) is 3.63. The molecule has 2 N–H and O–H groups in total. The third kappa shape index (κ3) is 3.03. The van der Waals surface area contributed by atoms with E-state index in [1.165, 1.54) is 6.07 Å². The van der Waals surface area contributed by atoms with Gasteiger partial charge in [-0.2, -0.15) is 0 Å². The molecular weight excluding hydrogens is 308 g/mol. The number of aromatic carboxylic acids is 1. The number of H-pyrrole nitrogens is 1. The quantitative estimate of drug-likeness (QED) is 0.721. The van der Waals surface area contributed by atoms with Crippen molar-refractivity contribution in [2.45, 2.75) is 13.3 Å². The van der Waals surface area contributed by atoms with Crippen LogP contribution < -0.4 is 9.47 Å². The van der Waals surface area contributed by atoms with Crippen LogP contribution in [0, 0.1) is 0 Å². The Morgan fingerprint density at radius 1 is 1.21 bits per heavy atom. The lowest BCUT2D eigenvalue weighted by atomic mass is 10.2. The summed E-state index contributed by atoms with van der Waals surface area (Å²) in [5, 5.41) is 9.07. The monoisotopic (exact) mass is 326 g/mol. The lowest BCUT2D eigenvalue weighted by Gasteiger charge is -2.10. The van der Waals surface area contributed by atoms with Crippen molar-refractivity contribution in [3.05, 3.63) is 42.0 Å². The molecule has 0 radical (unpaired) electrons. The number of methoxy groups -OCH3 is 1. The van der Waals surface area contributed by atoms with Crippen molar-refractivity contribution in [2.24, 2.45) is 0 Å². The van der Waals surface area contributed by atoms with Crippen molar-refractivity contribution >= 4 is 17.0 Å². The van der Waals surface area contributed by atoms with E-state index in [0.29, 0.717) is 35.0 Å². The Hall–Kier alpha value is -3.02. The number of nitrogens with zero attached hydrogens (tertiary/aromatic N) is 1. The van der Waals surface area contributed by atoms with E-state index >= 15 is 0 Å². The normalized spacial score (nSPS) is 10.8. The summed E-state index contributed by atoms with van der Waals surface area (Å²) in [6.07, 6.45) is 0.917. The second-order valence-corrected chi connectivity index (χ2v) is 5.34. The van der Waals surface area contributed by atoms with Gasteiger partial charge in [0, 0.05) is 5.56 Å². The summed E-state index contributed by atoms with van der Waals surface area (Å²) in [6, 6.07) is 10.4. The van der Waals surface area contributed by atoms with Gasteiger partial charge in [0.15, 0.2) is 11.5 Å². The smallest absolute Gasteiger partial charge is 0.335 e. The van der Waals surface area contributed by atoms with E-state index in [-0.39, 0.29) is 5.56 Å². The van der Waals surface area contributed by atoms with Gasteiger partial charge in [-0.3, -0.25) is 0 Å². The topological polar surface area (TPSA) is 84.4 Å². The van der Waals surface area contributed by atoms with Crippen LogP contribution in [0.25, 0.3) is 22.4 Å². The Balaban J connectivity index is 1.98. The number of fused-ring (bicyclic) bond motifs is 1. The van der Waals surface area contributed by atoms with Crippen LogP contribution in [0.1, 0.15) is 23.7 Å². The molecule has 124 valence electrons. The fourth-order valence-corrected chi connectivity index (χ4v) is 2.43. The molecule has 1 heterocycles. The molecule has 0 atom stereocenters. The third-order valence-corrected chi connectivity index (χ3v) is 3.63. The van der Waals surface area contributed by atoms with Crippen LogP contribution in [0.2, 0.25) is 0 Å². The molecule has 0 amide bonds. The van der Waals surface area contributed by atoms with Crippen molar-refractivity contribution in [3.63, 3.8) is 0 Å². The molecule has 0 spiro atoms. The maximum absolute atomic E-state index is 11.1. The average molecular weight is 326 g/mol. The summed E-state index contributed by atoms with van der Waals surface area (Å²) in [4.78, 5) is 18.7. The lowest BCUT2D eigenvalue weighted by molar-refractivity contribution is 0.0697. The molecule has 6 nitrogen and oxygen atoms in total. The Bertz CT molecular complexity index is 886. The number of hydrogen-bond acceptors (Lipinski definition) is 4. The van der Waals surface area contributed by atoms with Gasteiger partial charge in [-0.25, -0.2) is 9.78 Å². The number of aromatic amines is 1. The predicted molar refractivity (Wildman–Crippen MR) is 90.8 cm³/mol. The Labute approximate surface area is 139 Å². The molecule has 0 aliphatic heterocycles. The number of nitrogens with one attached hydrogen (secondary N) is 1. The number of carbonyl (C=O) groups is 1. The highest BCUT2D eigenvalue weighted by Gasteiger charge is 2.12. The van der Waals surface area contributed by atoms with E-state index < -0.39 is 5.97 Å². The van der Waals surface area contributed by atoms with Crippen LogP contribution in [-0.4, -0.2) is 34.8 Å². The van der Waals surface area contributed by atoms with Gasteiger partial charge in [-0.15, -0.1) is 0 Å². The summed E-state index contributed by atoms with van der Waals surface area (Å²) in [6.45, 7) is 2.67. The fraction of sp³-hybridized carbons (Fsp3) is 0.222. The number of rotatable bonds is 6. The van der Waals surface area contributed by atoms with Crippen molar-refractivity contribution in [1.82, 2.24) is 9.97 Å². The summed E-state index contributed by atoms with van der Waals surface area (Å²) < 4.78 is 11.0. The van der Waals surface area contributed by atoms with Crippen LogP contribution in [0.4, 0.5) is 0 Å². The summed E-state index contributed by atoms with van der Waals surface area (Å²) >= 11 is 0. The minimum Gasteiger partial charge on any atom is -0.493 e. The maximum Gasteiger partial charge on any atom is 0.335 e. The Morgan fingerprint density at radius 2 is 2.04 bits per heavy atom. The van der Waals surface area contributed by atoms with Crippen LogP contribution in [0.15, 0.2) is 36.4 Å². The van der Waals surface area contributed by atoms with Crippen molar-refractivity contribution in [1.29, 1.82) is 0 Å². The van der Waals surface area contributed by atoms with Gasteiger partial charge in [0.1, 0.15) is 5.82 Å². The second-order valence-electron chi connectivity index (χ2n) is 5.34. The lowest BCUT2D eigenvalue weighted by Crippen LogP contribution is -1.98. The molecule has 0 bridgehead atoms. The first-order valence-electron chi connectivity index (χ1n) is 7.66. The molecule has 1 aromatic heterocycles. The van der Waals surface area contributed by atoms with Gasteiger partial charge in [0.2, 0.25) is 0 Å². The molecule has 2 aromatic carbocycles. The van der Waals surface area contributed by atoms with E-state index in [9.17, 15) is 4.79 Å². The second kappa shape index (κ2) is 6.62. The van der Waals surface area contributed by atoms with Crippen LogP contribution >= 0.6 is 0 Å². The summed E-state index contributed by atoms with van der Waals surface area (Å²) in [5.41, 5.74) is 2.44. The van der Waals surface area contributed by atoms with Gasteiger partial charge in [0.25, 0.3) is 0 Å². The number of carboxylic acid groups (broad SMARTS) is 1. The minimum atomic E-state index is -0.966. The van der Waals surface area contributed by atoms with E-state index in [1.54, 1.807) is 19.2 Å². The first-order valence-corrected chi connectivity index (χ1v) is 7.66. The van der Waals surface area contributed by atoms with E-state index in [0.717, 1.165) is 12.0 Å². The predicted octanol–water partition coefficient (Wildman–Crippen LogP) is 3.73. The zero-order valence-electron chi connectivity index (χ0n) is 13.5. The van der Waals surface area contributed by atoms with Gasteiger partial charge in [-0.05, 0) is 42.8 Å². The Kier molecular flexibility index (Phi) is 4.37. The van der Waals surface area contributed by atoms with Gasteiger partial charge in [-0.1, -0.05) is 6.92 Å². The molecule has 6 heteroatoms. The van der Waals surface area contributed by atoms with Crippen molar-refractivity contribution in [3.8, 4) is 22.9 Å². The van der Waals surface area contributed by atoms with Crippen LogP contribution in [0.5, 0.6) is 11.5 Å². The molecule has 0 aliphatic carbocycles. The van der Waals surface area contributed by atoms with Crippen LogP contribution in [-0.2, 0) is 0 Å². The number of carboxylic acids is 1. The van der Waals surface area contributed by atoms with Gasteiger partial charge < -0.3 is 19.6 Å². The van der Waals surface area contributed by atoms with Gasteiger partial charge >= 0.3 is 5.97 Å². The number of ether oxygens (including phenoxy) is 2. The molecule has 24 heavy (non-hydrogen) atoms. The molecule has 0 aliphatic rings. The fourth-order valence-electron chi connectivity index (χ4n) is 2.43. The number of hydrogen-bond donors (Lipinski definition) is 2. The maximum atomic E-state index is 11.1. The molecule has 3 aromatic rings. The number of imidazole rings is 1. The van der Waals surface area contributed by atoms with Crippen molar-refractivity contribution < 1.29 is 19.4 Å². The zero-order chi connectivity index (χ0) is 17.1. The Morgan fingerprint density at radius 3 is 2.75 bits per heavy atom. The highest BCUT2D eigenvalue weighted by atomic mass is 16.5. The zero-order valence-corrected chi connectivity index (χ0v) is 13.5. The minimum absolute atomic E-state index is 0.221. The SMILES string of the molecule is CCCOc1ccc(-c2nc3ccc(C(=O)O)cc3[nH]2)cc1OC. The molecule has 0 fully saturated rings. The number of benzene rings is 2. The molecule has 3 rings (SSSR count). The van der Waals surface area contributed by atoms with Gasteiger partial charge in [0.05, 0.1) is 30.3 Å². The van der Waals surface area contributed by atoms with E-state index in [4.69, 9.17) is 14.6 Å². The summed E-state index contributed by atoms with van der Waals surface area (Å²) in [5.74, 6) is 1.00. The molecule has 0 saturated heterocycles. The highest BCUT2D eigenvalue weighted by molar-refractivity contribution is 5.93. The molecular formula is C18H18N2O4. The first-order chi connectivity index (χ1) is 11.6. The van der Waals surface area contributed by atoms with E-state index in [1.807, 2.05) is 25.1 Å².